The fourth-order valence-corrected chi connectivity index (χ4v) is 6.95. The van der Waals surface area contributed by atoms with Crippen molar-refractivity contribution in [2.75, 3.05) is 13.6 Å². The molecule has 2 fully saturated rings. The van der Waals surface area contributed by atoms with Gasteiger partial charge in [-0.3, -0.25) is 0 Å². The van der Waals surface area contributed by atoms with Crippen LogP contribution in [0.2, 0.25) is 0 Å². The fourth-order valence-electron chi connectivity index (χ4n) is 3.46. The molecule has 3 rings (SSSR count). The molecule has 0 aliphatic carbocycles. The second kappa shape index (κ2) is 5.68. The molecular formula is C13H19BrN2O2S2. The molecule has 1 aromatic heterocycles. The molecule has 0 spiro atoms. The van der Waals surface area contributed by atoms with Crippen LogP contribution >= 0.6 is 27.3 Å². The van der Waals surface area contributed by atoms with Gasteiger partial charge in [0.25, 0.3) is 10.0 Å². The van der Waals surface area contributed by atoms with Gasteiger partial charge < -0.3 is 4.90 Å². The van der Waals surface area contributed by atoms with Crippen LogP contribution in [0.4, 0.5) is 0 Å². The first-order chi connectivity index (χ1) is 9.47. The molecule has 0 radical (unpaired) electrons. The number of rotatable bonds is 4. The van der Waals surface area contributed by atoms with Gasteiger partial charge >= 0.3 is 0 Å². The number of piperidine rings is 1. The summed E-state index contributed by atoms with van der Waals surface area (Å²) in [6, 6.07) is 3.07. The van der Waals surface area contributed by atoms with Crippen LogP contribution in [0.1, 0.15) is 25.7 Å². The standard InChI is InChI=1S/C13H19BrN2O2S2/c1-16-10-2-3-11(16)7-9(6-10)8-15-20(17,18)13-12(14)4-5-19-13/h4-5,9-11,15H,2-3,6-8H2,1H3. The molecule has 3 heterocycles. The number of sulfonamides is 1. The second-order valence-corrected chi connectivity index (χ2v) is 9.53. The highest BCUT2D eigenvalue weighted by Gasteiger charge is 2.38. The highest BCUT2D eigenvalue weighted by molar-refractivity contribution is 9.10. The molecule has 7 heteroatoms. The highest BCUT2D eigenvalue weighted by atomic mass is 79.9. The lowest BCUT2D eigenvalue weighted by Crippen LogP contribution is -2.43. The number of hydrogen-bond donors (Lipinski definition) is 1. The van der Waals surface area contributed by atoms with Gasteiger partial charge in [0.2, 0.25) is 0 Å². The molecule has 2 unspecified atom stereocenters. The van der Waals surface area contributed by atoms with E-state index in [1.807, 2.05) is 0 Å². The van der Waals surface area contributed by atoms with E-state index in [2.05, 4.69) is 32.6 Å². The predicted molar refractivity (Wildman–Crippen MR) is 84.5 cm³/mol. The molecule has 2 atom stereocenters. The van der Waals surface area contributed by atoms with Gasteiger partial charge in [-0.2, -0.15) is 0 Å². The zero-order valence-corrected chi connectivity index (χ0v) is 14.6. The Morgan fingerprint density at radius 1 is 1.40 bits per heavy atom. The van der Waals surface area contributed by atoms with Gasteiger partial charge in [-0.25, -0.2) is 13.1 Å². The van der Waals surface area contributed by atoms with Gasteiger partial charge in [-0.15, -0.1) is 11.3 Å². The molecule has 0 saturated carbocycles. The molecule has 0 aromatic carbocycles. The lowest BCUT2D eigenvalue weighted by Gasteiger charge is -2.36. The average molecular weight is 379 g/mol. The first-order valence-electron chi connectivity index (χ1n) is 6.92. The third kappa shape index (κ3) is 2.83. The molecule has 2 bridgehead atoms. The summed E-state index contributed by atoms with van der Waals surface area (Å²) in [6.45, 7) is 0.563. The van der Waals surface area contributed by atoms with Crippen LogP contribution in [0.15, 0.2) is 20.1 Å². The monoisotopic (exact) mass is 378 g/mol. The minimum absolute atomic E-state index is 0.383. The average Bonchev–Trinajstić information content (AvgIpc) is 2.89. The Labute approximate surface area is 132 Å². The third-order valence-corrected chi connectivity index (χ3v) is 8.68. The Morgan fingerprint density at radius 3 is 2.60 bits per heavy atom. The molecule has 1 N–H and O–H groups in total. The van der Waals surface area contributed by atoms with E-state index < -0.39 is 10.0 Å². The van der Waals surface area contributed by atoms with E-state index in [4.69, 9.17) is 0 Å². The van der Waals surface area contributed by atoms with E-state index in [-0.39, 0.29) is 0 Å². The Hall–Kier alpha value is 0.0500. The lowest BCUT2D eigenvalue weighted by molar-refractivity contribution is 0.135. The summed E-state index contributed by atoms with van der Waals surface area (Å²) in [6.07, 6.45) is 4.75. The third-order valence-electron chi connectivity index (χ3n) is 4.59. The van der Waals surface area contributed by atoms with E-state index in [1.165, 1.54) is 24.2 Å². The zero-order chi connectivity index (χ0) is 14.3. The van der Waals surface area contributed by atoms with E-state index in [0.29, 0.717) is 33.2 Å². The van der Waals surface area contributed by atoms with Crippen LogP contribution in [-0.4, -0.2) is 39.0 Å². The number of halogens is 1. The maximum atomic E-state index is 12.3. The minimum Gasteiger partial charge on any atom is -0.300 e. The van der Waals surface area contributed by atoms with Crippen LogP contribution < -0.4 is 4.72 Å². The van der Waals surface area contributed by atoms with Crippen LogP contribution in [-0.2, 0) is 10.0 Å². The Morgan fingerprint density at radius 2 is 2.05 bits per heavy atom. The summed E-state index contributed by atoms with van der Waals surface area (Å²) in [5.74, 6) is 0.470. The number of hydrogen-bond acceptors (Lipinski definition) is 4. The maximum Gasteiger partial charge on any atom is 0.251 e. The largest absolute Gasteiger partial charge is 0.300 e. The first-order valence-corrected chi connectivity index (χ1v) is 10.1. The first kappa shape index (κ1) is 15.0. The van der Waals surface area contributed by atoms with Gasteiger partial charge in [0, 0.05) is 23.1 Å². The van der Waals surface area contributed by atoms with Crippen molar-refractivity contribution in [1.29, 1.82) is 0 Å². The molecule has 2 aliphatic heterocycles. The van der Waals surface area contributed by atoms with Crippen molar-refractivity contribution in [3.05, 3.63) is 15.9 Å². The van der Waals surface area contributed by atoms with E-state index in [9.17, 15) is 8.42 Å². The van der Waals surface area contributed by atoms with Crippen molar-refractivity contribution in [3.63, 3.8) is 0 Å². The molecular weight excluding hydrogens is 360 g/mol. The summed E-state index contributed by atoms with van der Waals surface area (Å²) < 4.78 is 28.3. The summed E-state index contributed by atoms with van der Waals surface area (Å²) in [5.41, 5.74) is 0. The smallest absolute Gasteiger partial charge is 0.251 e. The van der Waals surface area contributed by atoms with Gasteiger partial charge in [0.15, 0.2) is 0 Å². The fraction of sp³-hybridized carbons (Fsp3) is 0.692. The number of nitrogens with zero attached hydrogens (tertiary/aromatic N) is 1. The van der Waals surface area contributed by atoms with Crippen molar-refractivity contribution < 1.29 is 8.42 Å². The topological polar surface area (TPSA) is 49.4 Å². The minimum atomic E-state index is -3.37. The van der Waals surface area contributed by atoms with E-state index in [0.717, 1.165) is 12.8 Å². The SMILES string of the molecule is CN1C2CCC1CC(CNS(=O)(=O)c1sccc1Br)C2. The maximum absolute atomic E-state index is 12.3. The Balaban J connectivity index is 1.62. The van der Waals surface area contributed by atoms with Crippen molar-refractivity contribution in [2.45, 2.75) is 42.0 Å². The van der Waals surface area contributed by atoms with Crippen LogP contribution in [0, 0.1) is 5.92 Å². The zero-order valence-electron chi connectivity index (χ0n) is 11.4. The lowest BCUT2D eigenvalue weighted by atomic mass is 9.91. The molecule has 1 aromatic rings. The van der Waals surface area contributed by atoms with Crippen molar-refractivity contribution in [2.24, 2.45) is 5.92 Å². The predicted octanol–water partition coefficient (Wildman–Crippen LogP) is 2.66. The summed E-state index contributed by atoms with van der Waals surface area (Å²) in [5, 5.41) is 1.79. The molecule has 2 aliphatic rings. The van der Waals surface area contributed by atoms with Crippen LogP contribution in [0.5, 0.6) is 0 Å². The van der Waals surface area contributed by atoms with Crippen LogP contribution in [0.25, 0.3) is 0 Å². The summed E-state index contributed by atoms with van der Waals surface area (Å²) in [4.78, 5) is 2.47. The summed E-state index contributed by atoms with van der Waals surface area (Å²) in [7, 11) is -1.17. The molecule has 0 amide bonds. The Bertz CT molecular complexity index is 573. The number of thiophene rings is 1. The molecule has 4 nitrogen and oxygen atoms in total. The second-order valence-electron chi connectivity index (χ2n) is 5.80. The van der Waals surface area contributed by atoms with Gasteiger partial charge in [-0.1, -0.05) is 0 Å². The number of fused-ring (bicyclic) bond motifs is 2. The van der Waals surface area contributed by atoms with Crippen molar-refractivity contribution in [3.8, 4) is 0 Å². The van der Waals surface area contributed by atoms with Crippen molar-refractivity contribution >= 4 is 37.3 Å². The van der Waals surface area contributed by atoms with Gasteiger partial charge in [0.1, 0.15) is 4.21 Å². The molecule has 2 saturated heterocycles. The van der Waals surface area contributed by atoms with E-state index in [1.54, 1.807) is 11.4 Å². The van der Waals surface area contributed by atoms with Gasteiger partial charge in [-0.05, 0) is 66.0 Å². The number of nitrogens with one attached hydrogen (secondary N) is 1. The summed E-state index contributed by atoms with van der Waals surface area (Å²) >= 11 is 4.54. The Kier molecular flexibility index (Phi) is 4.25. The van der Waals surface area contributed by atoms with Crippen LogP contribution in [0.3, 0.4) is 0 Å². The highest BCUT2D eigenvalue weighted by Crippen LogP contribution is 2.37. The van der Waals surface area contributed by atoms with Gasteiger partial charge in [0.05, 0.1) is 0 Å². The molecule has 112 valence electrons. The van der Waals surface area contributed by atoms with E-state index >= 15 is 0 Å². The molecule has 20 heavy (non-hydrogen) atoms. The normalized spacial score (nSPS) is 30.8. The van der Waals surface area contributed by atoms with Crippen molar-refractivity contribution in [1.82, 2.24) is 9.62 Å². The quantitative estimate of drug-likeness (QED) is 0.875.